The second-order valence-corrected chi connectivity index (χ2v) is 9.24. The molecule has 176 valence electrons. The Hall–Kier alpha value is -3.76. The van der Waals surface area contributed by atoms with Crippen LogP contribution in [0.5, 0.6) is 5.75 Å². The summed E-state index contributed by atoms with van der Waals surface area (Å²) < 4.78 is 7.35. The molecule has 1 saturated heterocycles. The summed E-state index contributed by atoms with van der Waals surface area (Å²) in [5.41, 5.74) is 1.40. The third-order valence-corrected chi connectivity index (χ3v) is 6.08. The molecule has 0 spiro atoms. The number of barbiturate groups is 1. The number of imide groups is 2. The highest BCUT2D eigenvalue weighted by Gasteiger charge is 2.37. The molecule has 35 heavy (non-hydrogen) atoms. The molecule has 0 radical (unpaired) electrons. The molecule has 10 heteroatoms. The van der Waals surface area contributed by atoms with Gasteiger partial charge in [0.05, 0.1) is 11.3 Å². The molecule has 0 bridgehead atoms. The number of ether oxygens (including phenoxy) is 1. The van der Waals surface area contributed by atoms with Gasteiger partial charge in [-0.25, -0.2) is 14.5 Å². The second kappa shape index (κ2) is 10.2. The molecule has 3 aromatic rings. The number of carbonyl (C=O) groups is 4. The van der Waals surface area contributed by atoms with E-state index in [4.69, 9.17) is 9.84 Å². The van der Waals surface area contributed by atoms with Gasteiger partial charge in [-0.15, -0.1) is 0 Å². The number of urea groups is 1. The van der Waals surface area contributed by atoms with Crippen LogP contribution in [-0.2, 0) is 16.2 Å². The van der Waals surface area contributed by atoms with Crippen molar-refractivity contribution in [2.24, 2.45) is 0 Å². The number of carbonyl (C=O) groups excluding carboxylic acids is 3. The Bertz CT molecular complexity index is 1370. The van der Waals surface area contributed by atoms with Gasteiger partial charge >= 0.3 is 12.0 Å². The van der Waals surface area contributed by atoms with E-state index in [2.05, 4.69) is 37.2 Å². The van der Waals surface area contributed by atoms with E-state index in [-0.39, 0.29) is 17.7 Å². The lowest BCUT2D eigenvalue weighted by molar-refractivity contribution is -0.122. The quantitative estimate of drug-likeness (QED) is 0.299. The zero-order chi connectivity index (χ0) is 25.1. The lowest BCUT2D eigenvalue weighted by Gasteiger charge is -2.26. The number of nitrogens with one attached hydrogen (secondary N) is 1. The van der Waals surface area contributed by atoms with Crippen LogP contribution in [0.3, 0.4) is 0 Å². The monoisotopic (exact) mass is 598 g/mol. The van der Waals surface area contributed by atoms with E-state index < -0.39 is 23.8 Å². The van der Waals surface area contributed by atoms with Gasteiger partial charge in [0.2, 0.25) is 0 Å². The van der Waals surface area contributed by atoms with E-state index in [1.165, 1.54) is 18.2 Å². The van der Waals surface area contributed by atoms with Crippen LogP contribution in [0.15, 0.2) is 81.2 Å². The maximum absolute atomic E-state index is 13.2. The molecule has 0 aliphatic carbocycles. The van der Waals surface area contributed by atoms with Crippen LogP contribution in [-0.4, -0.2) is 28.9 Å². The third kappa shape index (κ3) is 5.50. The SMILES string of the molecule is O=C1NC(=O)N(c2ccc(Br)cc2)C(=O)/C1=C/c1cc(Br)ccc1OCc1ccc(C(=O)O)cc1. The molecule has 0 saturated carbocycles. The first kappa shape index (κ1) is 24.4. The van der Waals surface area contributed by atoms with Crippen molar-refractivity contribution in [2.75, 3.05) is 4.90 Å². The third-order valence-electron chi connectivity index (χ3n) is 5.05. The zero-order valence-corrected chi connectivity index (χ0v) is 21.0. The Morgan fingerprint density at radius 2 is 1.60 bits per heavy atom. The molecule has 1 aliphatic heterocycles. The average molecular weight is 600 g/mol. The molecule has 1 heterocycles. The number of anilines is 1. The fraction of sp³-hybridized carbons (Fsp3) is 0.0400. The number of aromatic carboxylic acids is 1. The van der Waals surface area contributed by atoms with Gasteiger partial charge in [0.25, 0.3) is 11.8 Å². The highest BCUT2D eigenvalue weighted by Crippen LogP contribution is 2.29. The molecular weight excluding hydrogens is 584 g/mol. The summed E-state index contributed by atoms with van der Waals surface area (Å²) in [7, 11) is 0. The number of carboxylic acids is 1. The molecule has 0 unspecified atom stereocenters. The van der Waals surface area contributed by atoms with Gasteiger partial charge in [-0.05, 0) is 66.2 Å². The van der Waals surface area contributed by atoms with Crippen LogP contribution in [0.1, 0.15) is 21.5 Å². The maximum atomic E-state index is 13.2. The summed E-state index contributed by atoms with van der Waals surface area (Å²) in [6, 6.07) is 17.0. The van der Waals surface area contributed by atoms with E-state index in [0.717, 1.165) is 14.9 Å². The van der Waals surface area contributed by atoms with Crippen LogP contribution < -0.4 is 15.0 Å². The minimum Gasteiger partial charge on any atom is -0.488 e. The topological polar surface area (TPSA) is 113 Å². The normalized spacial score (nSPS) is 14.7. The number of amides is 4. The van der Waals surface area contributed by atoms with Crippen molar-refractivity contribution in [3.63, 3.8) is 0 Å². The predicted octanol–water partition coefficient (Wildman–Crippen LogP) is 5.16. The Balaban J connectivity index is 1.63. The summed E-state index contributed by atoms with van der Waals surface area (Å²) >= 11 is 6.69. The fourth-order valence-electron chi connectivity index (χ4n) is 3.31. The van der Waals surface area contributed by atoms with Gasteiger partial charge in [-0.1, -0.05) is 44.0 Å². The number of hydrogen-bond donors (Lipinski definition) is 2. The smallest absolute Gasteiger partial charge is 0.335 e. The summed E-state index contributed by atoms with van der Waals surface area (Å²) in [6.45, 7) is 0.126. The first-order valence-corrected chi connectivity index (χ1v) is 11.7. The molecule has 1 fully saturated rings. The van der Waals surface area contributed by atoms with Crippen molar-refractivity contribution in [3.8, 4) is 5.75 Å². The second-order valence-electron chi connectivity index (χ2n) is 7.41. The molecule has 3 aromatic carbocycles. The van der Waals surface area contributed by atoms with Crippen LogP contribution in [0.25, 0.3) is 6.08 Å². The van der Waals surface area contributed by atoms with Crippen molar-refractivity contribution < 1.29 is 29.0 Å². The molecule has 2 N–H and O–H groups in total. The molecule has 1 aliphatic rings. The summed E-state index contributed by atoms with van der Waals surface area (Å²) in [5.74, 6) is -2.22. The number of rotatable bonds is 6. The first-order valence-electron chi connectivity index (χ1n) is 10.1. The van der Waals surface area contributed by atoms with E-state index in [1.807, 2.05) is 0 Å². The van der Waals surface area contributed by atoms with Gasteiger partial charge in [-0.3, -0.25) is 14.9 Å². The van der Waals surface area contributed by atoms with Crippen molar-refractivity contribution in [2.45, 2.75) is 6.61 Å². The Kier molecular flexibility index (Phi) is 7.13. The molecule has 4 rings (SSSR count). The average Bonchev–Trinajstić information content (AvgIpc) is 2.82. The molecule has 0 aromatic heterocycles. The van der Waals surface area contributed by atoms with Crippen LogP contribution in [0.2, 0.25) is 0 Å². The van der Waals surface area contributed by atoms with Crippen molar-refractivity contribution >= 4 is 67.4 Å². The van der Waals surface area contributed by atoms with Crippen molar-refractivity contribution in [3.05, 3.63) is 97.9 Å². The molecule has 8 nitrogen and oxygen atoms in total. The lowest BCUT2D eigenvalue weighted by Crippen LogP contribution is -2.54. The van der Waals surface area contributed by atoms with Gasteiger partial charge in [0.15, 0.2) is 0 Å². The maximum Gasteiger partial charge on any atom is 0.335 e. The Morgan fingerprint density at radius 3 is 2.26 bits per heavy atom. The van der Waals surface area contributed by atoms with Crippen LogP contribution in [0.4, 0.5) is 10.5 Å². The Labute approximate surface area is 216 Å². The summed E-state index contributed by atoms with van der Waals surface area (Å²) in [4.78, 5) is 50.1. The number of nitrogens with zero attached hydrogens (tertiary/aromatic N) is 1. The van der Waals surface area contributed by atoms with E-state index in [0.29, 0.717) is 21.5 Å². The van der Waals surface area contributed by atoms with Gasteiger partial charge < -0.3 is 9.84 Å². The van der Waals surface area contributed by atoms with Crippen LogP contribution in [0, 0.1) is 0 Å². The zero-order valence-electron chi connectivity index (χ0n) is 17.8. The first-order chi connectivity index (χ1) is 16.7. The Morgan fingerprint density at radius 1 is 0.943 bits per heavy atom. The van der Waals surface area contributed by atoms with Crippen molar-refractivity contribution in [1.29, 1.82) is 0 Å². The number of benzene rings is 3. The number of hydrogen-bond acceptors (Lipinski definition) is 5. The van der Waals surface area contributed by atoms with E-state index in [9.17, 15) is 19.2 Å². The number of carboxylic acid groups (broad SMARTS) is 1. The molecular formula is C25H16Br2N2O6. The highest BCUT2D eigenvalue weighted by atomic mass is 79.9. The van der Waals surface area contributed by atoms with E-state index in [1.54, 1.807) is 54.6 Å². The van der Waals surface area contributed by atoms with Gasteiger partial charge in [0.1, 0.15) is 17.9 Å². The summed E-state index contributed by atoms with van der Waals surface area (Å²) in [6.07, 6.45) is 1.36. The highest BCUT2D eigenvalue weighted by molar-refractivity contribution is 9.10. The summed E-state index contributed by atoms with van der Waals surface area (Å²) in [5, 5.41) is 11.2. The van der Waals surface area contributed by atoms with Crippen LogP contribution >= 0.6 is 31.9 Å². The lowest BCUT2D eigenvalue weighted by atomic mass is 10.1. The van der Waals surface area contributed by atoms with Gasteiger partial charge in [-0.2, -0.15) is 0 Å². The number of halogens is 2. The molecule has 4 amide bonds. The minimum absolute atomic E-state index is 0.126. The molecule has 0 atom stereocenters. The van der Waals surface area contributed by atoms with Crippen molar-refractivity contribution in [1.82, 2.24) is 5.32 Å². The standard InChI is InChI=1S/C25H16Br2N2O6/c26-17-5-8-19(9-6-17)29-23(31)20(22(30)28-25(29)34)12-16-11-18(27)7-10-21(16)35-13-14-1-3-15(4-2-14)24(32)33/h1-12H,13H2,(H,32,33)(H,28,30,34)/b20-12+. The minimum atomic E-state index is -1.02. The predicted molar refractivity (Wildman–Crippen MR) is 135 cm³/mol. The largest absolute Gasteiger partial charge is 0.488 e. The van der Waals surface area contributed by atoms with E-state index >= 15 is 0 Å². The van der Waals surface area contributed by atoms with Gasteiger partial charge in [0, 0.05) is 14.5 Å². The fourth-order valence-corrected chi connectivity index (χ4v) is 3.95.